The van der Waals surface area contributed by atoms with Crippen LogP contribution in [-0.2, 0) is 12.8 Å². The molecule has 1 aliphatic heterocycles. The van der Waals surface area contributed by atoms with Crippen LogP contribution in [0.15, 0.2) is 12.1 Å². The first-order chi connectivity index (χ1) is 12.7. The second-order valence-corrected chi connectivity index (χ2v) is 7.62. The first-order valence-electron chi connectivity index (χ1n) is 9.74. The molecule has 2 atom stereocenters. The zero-order valence-corrected chi connectivity index (χ0v) is 16.0. The molecule has 2 N–H and O–H groups in total. The number of benzene rings is 1. The van der Waals surface area contributed by atoms with Crippen molar-refractivity contribution in [3.05, 3.63) is 23.4 Å². The number of hydrogen-bond donors (Lipinski definition) is 2. The zero-order valence-electron chi connectivity index (χ0n) is 16.0. The summed E-state index contributed by atoms with van der Waals surface area (Å²) in [6.45, 7) is 4.36. The van der Waals surface area contributed by atoms with Gasteiger partial charge in [-0.15, -0.1) is 0 Å². The van der Waals surface area contributed by atoms with E-state index in [1.54, 1.807) is 14.2 Å². The van der Waals surface area contributed by atoms with Gasteiger partial charge in [0.2, 0.25) is 0 Å². The lowest BCUT2D eigenvalue weighted by molar-refractivity contribution is 0.334. The molecular formula is C21H29N3O2. The van der Waals surface area contributed by atoms with Crippen molar-refractivity contribution >= 4 is 16.6 Å². The van der Waals surface area contributed by atoms with Crippen LogP contribution in [0.4, 0.5) is 5.69 Å². The van der Waals surface area contributed by atoms with Crippen LogP contribution in [0.2, 0.25) is 0 Å². The minimum Gasteiger partial charge on any atom is -0.493 e. The fraction of sp³-hybridized carbons (Fsp3) is 0.571. The maximum atomic E-state index is 5.53. The SMILES string of the molecule is COc1cc2nc3c(c(NC[C@@H]4CCC(C)NC4)c2cc1OC)CCC3. The van der Waals surface area contributed by atoms with Gasteiger partial charge >= 0.3 is 0 Å². The molecule has 0 radical (unpaired) electrons. The van der Waals surface area contributed by atoms with Crippen molar-refractivity contribution in [3.8, 4) is 11.5 Å². The molecule has 0 spiro atoms. The summed E-state index contributed by atoms with van der Waals surface area (Å²) in [5, 5.41) is 8.53. The maximum absolute atomic E-state index is 5.53. The molecule has 5 nitrogen and oxygen atoms in total. The van der Waals surface area contributed by atoms with Crippen molar-refractivity contribution in [1.82, 2.24) is 10.3 Å². The molecule has 0 amide bonds. The van der Waals surface area contributed by atoms with Crippen LogP contribution in [0.5, 0.6) is 11.5 Å². The maximum Gasteiger partial charge on any atom is 0.162 e. The van der Waals surface area contributed by atoms with Gasteiger partial charge in [0.25, 0.3) is 0 Å². The molecule has 5 heteroatoms. The number of hydrogen-bond acceptors (Lipinski definition) is 5. The summed E-state index contributed by atoms with van der Waals surface area (Å²) in [4.78, 5) is 4.92. The molecule has 140 valence electrons. The highest BCUT2D eigenvalue weighted by Gasteiger charge is 2.23. The van der Waals surface area contributed by atoms with E-state index in [-0.39, 0.29) is 0 Å². The molecule has 4 rings (SSSR count). The van der Waals surface area contributed by atoms with Gasteiger partial charge in [-0.3, -0.25) is 4.98 Å². The second kappa shape index (κ2) is 7.31. The molecule has 0 bridgehead atoms. The van der Waals surface area contributed by atoms with E-state index in [9.17, 15) is 0 Å². The van der Waals surface area contributed by atoms with Gasteiger partial charge in [0.15, 0.2) is 11.5 Å². The average molecular weight is 355 g/mol. The number of nitrogens with one attached hydrogen (secondary N) is 2. The number of methoxy groups -OCH3 is 2. The Balaban J connectivity index is 1.69. The van der Waals surface area contributed by atoms with E-state index in [0.717, 1.165) is 48.3 Å². The molecule has 2 heterocycles. The monoisotopic (exact) mass is 355 g/mol. The third-order valence-corrected chi connectivity index (χ3v) is 5.85. The molecule has 0 saturated carbocycles. The molecule has 1 saturated heterocycles. The third kappa shape index (κ3) is 3.20. The highest BCUT2D eigenvalue weighted by molar-refractivity contribution is 5.96. The molecule has 2 aliphatic rings. The Morgan fingerprint density at radius 3 is 2.69 bits per heavy atom. The third-order valence-electron chi connectivity index (χ3n) is 5.85. The van der Waals surface area contributed by atoms with Crippen molar-refractivity contribution < 1.29 is 9.47 Å². The van der Waals surface area contributed by atoms with E-state index in [1.165, 1.54) is 36.2 Å². The molecule has 1 aromatic carbocycles. The van der Waals surface area contributed by atoms with Gasteiger partial charge in [-0.1, -0.05) is 0 Å². The van der Waals surface area contributed by atoms with E-state index in [1.807, 2.05) is 6.07 Å². The number of anilines is 1. The molecule has 1 fully saturated rings. The predicted octanol–water partition coefficient (Wildman–Crippen LogP) is 3.54. The van der Waals surface area contributed by atoms with Crippen molar-refractivity contribution in [3.63, 3.8) is 0 Å². The minimum absolute atomic E-state index is 0.647. The number of aromatic nitrogens is 1. The van der Waals surface area contributed by atoms with E-state index < -0.39 is 0 Å². The van der Waals surface area contributed by atoms with Gasteiger partial charge < -0.3 is 20.1 Å². The Morgan fingerprint density at radius 1 is 1.15 bits per heavy atom. The molecule has 26 heavy (non-hydrogen) atoms. The Hall–Kier alpha value is -2.01. The first kappa shape index (κ1) is 17.4. The molecule has 2 aromatic rings. The number of aryl methyl sites for hydroxylation is 1. The zero-order chi connectivity index (χ0) is 18.1. The number of fused-ring (bicyclic) bond motifs is 2. The number of rotatable bonds is 5. The van der Waals surface area contributed by atoms with Crippen LogP contribution in [0.3, 0.4) is 0 Å². The van der Waals surface area contributed by atoms with Gasteiger partial charge in [0, 0.05) is 35.4 Å². The highest BCUT2D eigenvalue weighted by Crippen LogP contribution is 2.39. The summed E-state index contributed by atoms with van der Waals surface area (Å²) in [6, 6.07) is 4.72. The molecule has 1 unspecified atom stereocenters. The Labute approximate surface area is 155 Å². The van der Waals surface area contributed by atoms with Crippen molar-refractivity contribution in [2.24, 2.45) is 5.92 Å². The van der Waals surface area contributed by atoms with Crippen LogP contribution in [0.1, 0.15) is 37.4 Å². The summed E-state index contributed by atoms with van der Waals surface area (Å²) in [5.74, 6) is 2.17. The lowest BCUT2D eigenvalue weighted by Crippen LogP contribution is -2.39. The number of nitrogens with zero attached hydrogens (tertiary/aromatic N) is 1. The van der Waals surface area contributed by atoms with E-state index in [4.69, 9.17) is 14.5 Å². The van der Waals surface area contributed by atoms with Gasteiger partial charge in [0.05, 0.1) is 19.7 Å². The quantitative estimate of drug-likeness (QED) is 0.859. The lowest BCUT2D eigenvalue weighted by atomic mass is 9.95. The van der Waals surface area contributed by atoms with Crippen LogP contribution in [-0.4, -0.2) is 38.3 Å². The van der Waals surface area contributed by atoms with Crippen molar-refractivity contribution in [2.75, 3.05) is 32.6 Å². The first-order valence-corrected chi connectivity index (χ1v) is 9.74. The molecular weight excluding hydrogens is 326 g/mol. The largest absolute Gasteiger partial charge is 0.493 e. The Kier molecular flexibility index (Phi) is 4.90. The minimum atomic E-state index is 0.647. The lowest BCUT2D eigenvalue weighted by Gasteiger charge is -2.28. The smallest absolute Gasteiger partial charge is 0.162 e. The molecule has 1 aliphatic carbocycles. The normalized spacial score (nSPS) is 22.3. The van der Waals surface area contributed by atoms with Crippen molar-refractivity contribution in [2.45, 2.75) is 45.1 Å². The summed E-state index contributed by atoms with van der Waals surface area (Å²) in [5.41, 5.74) is 4.87. The van der Waals surface area contributed by atoms with Crippen molar-refractivity contribution in [1.29, 1.82) is 0 Å². The Bertz CT molecular complexity index is 798. The number of pyridine rings is 1. The second-order valence-electron chi connectivity index (χ2n) is 7.62. The van der Waals surface area contributed by atoms with Gasteiger partial charge in [-0.25, -0.2) is 0 Å². The Morgan fingerprint density at radius 2 is 1.96 bits per heavy atom. The summed E-state index contributed by atoms with van der Waals surface area (Å²) in [7, 11) is 3.36. The van der Waals surface area contributed by atoms with Crippen LogP contribution < -0.4 is 20.1 Å². The predicted molar refractivity (Wildman–Crippen MR) is 106 cm³/mol. The summed E-state index contributed by atoms with van der Waals surface area (Å²) >= 11 is 0. The van der Waals surface area contributed by atoms with E-state index in [0.29, 0.717) is 12.0 Å². The standard InChI is InChI=1S/C21H29N3O2/c1-13-7-8-14(11-22-13)12-23-21-15-5-4-6-17(15)24-18-10-20(26-3)19(25-2)9-16(18)21/h9-10,13-14,22H,4-8,11-12H2,1-3H3,(H,23,24)/t13?,14-/m1/s1. The topological polar surface area (TPSA) is 55.4 Å². The number of piperidine rings is 1. The molecule has 1 aromatic heterocycles. The van der Waals surface area contributed by atoms with Crippen LogP contribution in [0.25, 0.3) is 10.9 Å². The highest BCUT2D eigenvalue weighted by atomic mass is 16.5. The number of ether oxygens (including phenoxy) is 2. The van der Waals surface area contributed by atoms with Gasteiger partial charge in [-0.2, -0.15) is 0 Å². The van der Waals surface area contributed by atoms with Crippen LogP contribution >= 0.6 is 0 Å². The summed E-state index contributed by atoms with van der Waals surface area (Å²) in [6.07, 6.45) is 5.89. The van der Waals surface area contributed by atoms with E-state index in [2.05, 4.69) is 23.6 Å². The van der Waals surface area contributed by atoms with Crippen LogP contribution in [0, 0.1) is 5.92 Å². The summed E-state index contributed by atoms with van der Waals surface area (Å²) < 4.78 is 11.0. The van der Waals surface area contributed by atoms with Gasteiger partial charge in [-0.05, 0) is 63.1 Å². The fourth-order valence-corrected chi connectivity index (χ4v) is 4.27. The van der Waals surface area contributed by atoms with E-state index >= 15 is 0 Å². The average Bonchev–Trinajstić information content (AvgIpc) is 3.13. The van der Waals surface area contributed by atoms with Gasteiger partial charge in [0.1, 0.15) is 0 Å². The fourth-order valence-electron chi connectivity index (χ4n) is 4.27.